The van der Waals surface area contributed by atoms with Crippen LogP contribution in [0.4, 0.5) is 17.1 Å². The number of hydrogen-bond acceptors (Lipinski definition) is 7. The maximum absolute atomic E-state index is 12.5. The van der Waals surface area contributed by atoms with E-state index in [4.69, 9.17) is 11.6 Å². The van der Waals surface area contributed by atoms with Crippen molar-refractivity contribution < 1.29 is 26.6 Å². The summed E-state index contributed by atoms with van der Waals surface area (Å²) in [5.74, 6) is -0.618. The highest BCUT2D eigenvalue weighted by Crippen LogP contribution is 2.28. The molecule has 0 aliphatic carbocycles. The molecule has 0 radical (unpaired) electrons. The average molecular weight is 524 g/mol. The molecule has 0 saturated heterocycles. The van der Waals surface area contributed by atoms with E-state index in [0.29, 0.717) is 20.5 Å². The van der Waals surface area contributed by atoms with E-state index in [-0.39, 0.29) is 22.0 Å². The zero-order valence-corrected chi connectivity index (χ0v) is 20.2. The molecule has 0 bridgehead atoms. The first-order valence-electron chi connectivity index (χ1n) is 9.43. The summed E-state index contributed by atoms with van der Waals surface area (Å²) in [5.41, 5.74) is 1.46. The van der Waals surface area contributed by atoms with Gasteiger partial charge in [0.25, 0.3) is 11.6 Å². The quantitative estimate of drug-likeness (QED) is 0.365. The van der Waals surface area contributed by atoms with E-state index in [0.717, 1.165) is 18.6 Å². The molecule has 0 spiro atoms. The Labute approximate surface area is 201 Å². The third-order valence-electron chi connectivity index (χ3n) is 4.56. The fourth-order valence-electron chi connectivity index (χ4n) is 3.15. The minimum atomic E-state index is -4.05. The van der Waals surface area contributed by atoms with E-state index in [2.05, 4.69) is 5.32 Å². The van der Waals surface area contributed by atoms with Gasteiger partial charge in [0.05, 0.1) is 33.7 Å². The molecule has 0 atom stereocenters. The Bertz CT molecular complexity index is 1440. The van der Waals surface area contributed by atoms with E-state index >= 15 is 0 Å². The van der Waals surface area contributed by atoms with Gasteiger partial charge in [0.1, 0.15) is 0 Å². The number of halogens is 1. The van der Waals surface area contributed by atoms with Crippen molar-refractivity contribution in [2.24, 2.45) is 0 Å². The number of nitro benzene ring substituents is 1. The van der Waals surface area contributed by atoms with E-state index < -0.39 is 30.9 Å². The van der Waals surface area contributed by atoms with Crippen LogP contribution in [0.3, 0.4) is 0 Å². The Morgan fingerprint density at radius 1 is 0.882 bits per heavy atom. The number of nitro groups is 1. The van der Waals surface area contributed by atoms with Crippen LogP contribution in [0.2, 0.25) is 5.02 Å². The van der Waals surface area contributed by atoms with Crippen LogP contribution in [0.5, 0.6) is 0 Å². The molecule has 0 fully saturated rings. The van der Waals surface area contributed by atoms with Crippen LogP contribution < -0.4 is 9.03 Å². The number of hydrogen-bond donors (Lipinski definition) is 1. The predicted octanol–water partition coefficient (Wildman–Crippen LogP) is 3.89. The molecule has 10 nitrogen and oxygen atoms in total. The van der Waals surface area contributed by atoms with Crippen molar-refractivity contribution in [2.45, 2.75) is 0 Å². The van der Waals surface area contributed by atoms with Crippen molar-refractivity contribution in [1.29, 1.82) is 0 Å². The van der Waals surface area contributed by atoms with Crippen LogP contribution in [0.15, 0.2) is 66.7 Å². The molecule has 0 saturated carbocycles. The van der Waals surface area contributed by atoms with Crippen molar-refractivity contribution in [3.05, 3.63) is 87.4 Å². The maximum Gasteiger partial charge on any atom is 0.270 e. The fraction of sp³-hybridized carbons (Fsp3) is 0.0952. The first-order valence-corrected chi connectivity index (χ1v) is 13.5. The molecule has 3 aromatic rings. The van der Waals surface area contributed by atoms with Gasteiger partial charge >= 0.3 is 0 Å². The van der Waals surface area contributed by atoms with E-state index in [9.17, 15) is 31.7 Å². The van der Waals surface area contributed by atoms with Crippen LogP contribution in [0, 0.1) is 10.1 Å². The number of carbonyl (C=O) groups excluding carboxylic acids is 1. The summed E-state index contributed by atoms with van der Waals surface area (Å²) in [6, 6.07) is 16.0. The van der Waals surface area contributed by atoms with Crippen molar-refractivity contribution in [1.82, 2.24) is 0 Å². The number of rotatable bonds is 7. The van der Waals surface area contributed by atoms with E-state index in [1.54, 1.807) is 36.4 Å². The first kappa shape index (κ1) is 25.1. The number of amides is 1. The molecule has 13 heteroatoms. The topological polar surface area (TPSA) is 144 Å². The van der Waals surface area contributed by atoms with Crippen molar-refractivity contribution >= 4 is 54.6 Å². The van der Waals surface area contributed by atoms with Gasteiger partial charge in [-0.05, 0) is 41.5 Å². The van der Waals surface area contributed by atoms with Gasteiger partial charge in [0.2, 0.25) is 20.0 Å². The lowest BCUT2D eigenvalue weighted by Gasteiger charge is -2.20. The van der Waals surface area contributed by atoms with Gasteiger partial charge in [-0.3, -0.25) is 14.9 Å². The molecule has 178 valence electrons. The van der Waals surface area contributed by atoms with Gasteiger partial charge in [0.15, 0.2) is 0 Å². The lowest BCUT2D eigenvalue weighted by atomic mass is 10.0. The molecule has 34 heavy (non-hydrogen) atoms. The minimum absolute atomic E-state index is 0.0218. The zero-order chi connectivity index (χ0) is 25.3. The molecular weight excluding hydrogens is 506 g/mol. The third kappa shape index (κ3) is 5.71. The minimum Gasteiger partial charge on any atom is -0.322 e. The van der Waals surface area contributed by atoms with E-state index in [1.807, 2.05) is 0 Å². The molecular formula is C21H18ClN3O7S2. The summed E-state index contributed by atoms with van der Waals surface area (Å²) in [7, 11) is -8.09. The van der Waals surface area contributed by atoms with Crippen molar-refractivity contribution in [3.8, 4) is 11.1 Å². The van der Waals surface area contributed by atoms with Crippen molar-refractivity contribution in [2.75, 3.05) is 21.5 Å². The second-order valence-corrected chi connectivity index (χ2v) is 11.5. The lowest BCUT2D eigenvalue weighted by molar-refractivity contribution is -0.384. The van der Waals surface area contributed by atoms with Crippen LogP contribution in [0.25, 0.3) is 11.1 Å². The van der Waals surface area contributed by atoms with Gasteiger partial charge in [0, 0.05) is 17.8 Å². The number of nitrogens with one attached hydrogen (secondary N) is 1. The fourth-order valence-corrected chi connectivity index (χ4v) is 6.33. The summed E-state index contributed by atoms with van der Waals surface area (Å²) in [6.45, 7) is 0. The summed E-state index contributed by atoms with van der Waals surface area (Å²) in [5, 5.41) is 13.6. The standard InChI is InChI=1S/C21H18ClN3O7S2/c1-33(29,30)25(34(2,31)32)17-9-5-15(6-10-17)14-3-7-16(8-4-14)23-21(26)19-13-18(24(27)28)11-12-20(19)22/h3-13H,1-2H3,(H,23,26). The summed E-state index contributed by atoms with van der Waals surface area (Å²) >= 11 is 6.00. The molecule has 3 rings (SSSR count). The highest BCUT2D eigenvalue weighted by atomic mass is 35.5. The molecule has 0 aliphatic rings. The van der Waals surface area contributed by atoms with Gasteiger partial charge in [-0.25, -0.2) is 16.8 Å². The normalized spacial score (nSPS) is 11.6. The molecule has 0 aromatic heterocycles. The molecule has 1 amide bonds. The number of benzene rings is 3. The second kappa shape index (κ2) is 9.41. The SMILES string of the molecule is CS(=O)(=O)N(c1ccc(-c2ccc(NC(=O)c3cc([N+](=O)[O-])ccc3Cl)cc2)cc1)S(C)(=O)=O. The third-order valence-corrected chi connectivity index (χ3v) is 8.14. The predicted molar refractivity (Wildman–Crippen MR) is 130 cm³/mol. The van der Waals surface area contributed by atoms with Crippen LogP contribution in [-0.4, -0.2) is 40.2 Å². The van der Waals surface area contributed by atoms with Gasteiger partial charge in [-0.15, -0.1) is 0 Å². The molecule has 1 N–H and O–H groups in total. The molecule has 0 heterocycles. The van der Waals surface area contributed by atoms with Crippen LogP contribution >= 0.6 is 11.6 Å². The Balaban J connectivity index is 1.81. The van der Waals surface area contributed by atoms with Gasteiger partial charge < -0.3 is 5.32 Å². The largest absolute Gasteiger partial charge is 0.322 e. The highest BCUT2D eigenvalue weighted by Gasteiger charge is 2.27. The average Bonchev–Trinajstić information content (AvgIpc) is 2.73. The maximum atomic E-state index is 12.5. The lowest BCUT2D eigenvalue weighted by Crippen LogP contribution is -2.35. The van der Waals surface area contributed by atoms with Gasteiger partial charge in [-0.2, -0.15) is 3.71 Å². The summed E-state index contributed by atoms with van der Waals surface area (Å²) < 4.78 is 48.0. The number of nitrogens with zero attached hydrogens (tertiary/aromatic N) is 2. The Morgan fingerprint density at radius 2 is 1.38 bits per heavy atom. The second-order valence-electron chi connectivity index (χ2n) is 7.22. The zero-order valence-electron chi connectivity index (χ0n) is 17.8. The molecule has 0 aliphatic heterocycles. The Kier molecular flexibility index (Phi) is 6.96. The van der Waals surface area contributed by atoms with Crippen molar-refractivity contribution in [3.63, 3.8) is 0 Å². The van der Waals surface area contributed by atoms with Crippen LogP contribution in [0.1, 0.15) is 10.4 Å². The number of carbonyl (C=O) groups is 1. The highest BCUT2D eigenvalue weighted by molar-refractivity contribution is 8.09. The number of anilines is 2. The summed E-state index contributed by atoms with van der Waals surface area (Å²) in [4.78, 5) is 22.8. The summed E-state index contributed by atoms with van der Waals surface area (Å²) in [6.07, 6.45) is 1.60. The molecule has 3 aromatic carbocycles. The molecule has 0 unspecified atom stereocenters. The van der Waals surface area contributed by atoms with E-state index in [1.165, 1.54) is 24.3 Å². The smallest absolute Gasteiger partial charge is 0.270 e. The number of sulfonamides is 2. The van der Waals surface area contributed by atoms with Gasteiger partial charge in [-0.1, -0.05) is 35.9 Å². The van der Waals surface area contributed by atoms with Crippen LogP contribution in [-0.2, 0) is 20.0 Å². The monoisotopic (exact) mass is 523 g/mol. The Hall–Kier alpha value is -3.48. The Morgan fingerprint density at radius 3 is 1.85 bits per heavy atom. The number of non-ortho nitro benzene ring substituents is 1. The first-order chi connectivity index (χ1) is 15.8.